The minimum Gasteiger partial charge on any atom is -0.444 e. The van der Waals surface area contributed by atoms with Crippen molar-refractivity contribution < 1.29 is 14.3 Å². The molecule has 2 aliphatic rings. The Balaban J connectivity index is 1.46. The molecular formula is C20H28ClN3O3. The number of nitrogens with zero attached hydrogens (tertiary/aromatic N) is 2. The maximum absolute atomic E-state index is 12.5. The molecule has 0 aromatic heterocycles. The lowest BCUT2D eigenvalue weighted by Crippen LogP contribution is -2.54. The second kappa shape index (κ2) is 7.58. The van der Waals surface area contributed by atoms with E-state index in [2.05, 4.69) is 5.32 Å². The van der Waals surface area contributed by atoms with Crippen molar-refractivity contribution in [1.82, 2.24) is 15.1 Å². The van der Waals surface area contributed by atoms with Gasteiger partial charge in [0.2, 0.25) is 0 Å². The van der Waals surface area contributed by atoms with Crippen LogP contribution in [0.25, 0.3) is 0 Å². The van der Waals surface area contributed by atoms with E-state index in [-0.39, 0.29) is 17.5 Å². The second-order valence-electron chi connectivity index (χ2n) is 8.40. The molecule has 0 spiro atoms. The molecule has 148 valence electrons. The van der Waals surface area contributed by atoms with Crippen LogP contribution in [0.1, 0.15) is 39.2 Å². The highest BCUT2D eigenvalue weighted by atomic mass is 35.5. The van der Waals surface area contributed by atoms with Crippen molar-refractivity contribution in [2.45, 2.75) is 44.6 Å². The lowest BCUT2D eigenvalue weighted by atomic mass is 9.96. The minimum atomic E-state index is -0.508. The summed E-state index contributed by atoms with van der Waals surface area (Å²) in [6, 6.07) is 7.81. The third-order valence-electron chi connectivity index (χ3n) is 5.11. The van der Waals surface area contributed by atoms with Gasteiger partial charge in [-0.25, -0.2) is 9.59 Å². The zero-order chi connectivity index (χ0) is 19.7. The fourth-order valence-corrected chi connectivity index (χ4v) is 3.42. The van der Waals surface area contributed by atoms with Crippen LogP contribution >= 0.6 is 11.6 Å². The van der Waals surface area contributed by atoms with Crippen LogP contribution in [0.5, 0.6) is 0 Å². The molecule has 1 aliphatic carbocycles. The van der Waals surface area contributed by atoms with E-state index in [1.54, 1.807) is 9.80 Å². The fourth-order valence-electron chi connectivity index (χ4n) is 3.30. The average Bonchev–Trinajstić information content (AvgIpc) is 3.40. The van der Waals surface area contributed by atoms with E-state index in [1.807, 2.05) is 45.0 Å². The standard InChI is InChI=1S/C20H28ClN3O3/c1-19(2,3)27-18(26)24-12-10-23(11-13-24)17(25)22-14-20(8-9-20)15-4-6-16(21)7-5-15/h4-7H,8-14H2,1-3H3,(H,22,25). The predicted octanol–water partition coefficient (Wildman–Crippen LogP) is 3.63. The molecule has 6 nitrogen and oxygen atoms in total. The lowest BCUT2D eigenvalue weighted by Gasteiger charge is -2.35. The van der Waals surface area contributed by atoms with Crippen molar-refractivity contribution >= 4 is 23.7 Å². The molecule has 3 rings (SSSR count). The quantitative estimate of drug-likeness (QED) is 0.852. The number of hydrogen-bond acceptors (Lipinski definition) is 3. The lowest BCUT2D eigenvalue weighted by molar-refractivity contribution is 0.0170. The minimum absolute atomic E-state index is 0.0403. The monoisotopic (exact) mass is 393 g/mol. The molecule has 1 heterocycles. The zero-order valence-electron chi connectivity index (χ0n) is 16.3. The van der Waals surface area contributed by atoms with Gasteiger partial charge in [-0.1, -0.05) is 23.7 Å². The van der Waals surface area contributed by atoms with Gasteiger partial charge in [-0.15, -0.1) is 0 Å². The molecule has 27 heavy (non-hydrogen) atoms. The van der Waals surface area contributed by atoms with Crippen molar-refractivity contribution in [3.63, 3.8) is 0 Å². The average molecular weight is 394 g/mol. The smallest absolute Gasteiger partial charge is 0.410 e. The predicted molar refractivity (Wildman–Crippen MR) is 105 cm³/mol. The third-order valence-corrected chi connectivity index (χ3v) is 5.36. The van der Waals surface area contributed by atoms with Gasteiger partial charge >= 0.3 is 12.1 Å². The highest BCUT2D eigenvalue weighted by Gasteiger charge is 2.44. The van der Waals surface area contributed by atoms with Crippen molar-refractivity contribution in [2.75, 3.05) is 32.7 Å². The van der Waals surface area contributed by atoms with Crippen LogP contribution in [0, 0.1) is 0 Å². The van der Waals surface area contributed by atoms with Crippen LogP contribution in [0.2, 0.25) is 5.02 Å². The number of amides is 3. The van der Waals surface area contributed by atoms with E-state index in [1.165, 1.54) is 5.56 Å². The molecule has 1 saturated carbocycles. The van der Waals surface area contributed by atoms with Crippen molar-refractivity contribution in [3.05, 3.63) is 34.9 Å². The number of carbonyl (C=O) groups excluding carboxylic acids is 2. The van der Waals surface area contributed by atoms with Gasteiger partial charge < -0.3 is 19.9 Å². The summed E-state index contributed by atoms with van der Waals surface area (Å²) < 4.78 is 5.39. The van der Waals surface area contributed by atoms with Crippen LogP contribution in [0.4, 0.5) is 9.59 Å². The summed E-state index contributed by atoms with van der Waals surface area (Å²) in [5, 5.41) is 3.79. The van der Waals surface area contributed by atoms with Crippen LogP contribution < -0.4 is 5.32 Å². The van der Waals surface area contributed by atoms with Crippen LogP contribution in [0.15, 0.2) is 24.3 Å². The van der Waals surface area contributed by atoms with Gasteiger partial charge in [-0.2, -0.15) is 0 Å². The molecule has 1 aliphatic heterocycles. The highest BCUT2D eigenvalue weighted by molar-refractivity contribution is 6.30. The Labute approximate surface area is 165 Å². The maximum Gasteiger partial charge on any atom is 0.410 e. The normalized spacial score (nSPS) is 18.8. The molecule has 1 N–H and O–H groups in total. The number of rotatable bonds is 3. The van der Waals surface area contributed by atoms with Gasteiger partial charge in [0.05, 0.1) is 0 Å². The number of ether oxygens (including phenoxy) is 1. The number of urea groups is 1. The van der Waals surface area contributed by atoms with Crippen LogP contribution in [-0.4, -0.2) is 60.2 Å². The first kappa shape index (κ1) is 19.8. The van der Waals surface area contributed by atoms with Crippen molar-refractivity contribution in [3.8, 4) is 0 Å². The van der Waals surface area contributed by atoms with E-state index in [4.69, 9.17) is 16.3 Å². The number of hydrogen-bond donors (Lipinski definition) is 1. The Hall–Kier alpha value is -1.95. The van der Waals surface area contributed by atoms with E-state index in [9.17, 15) is 9.59 Å². The number of benzene rings is 1. The molecule has 0 radical (unpaired) electrons. The number of nitrogens with one attached hydrogen (secondary N) is 1. The van der Waals surface area contributed by atoms with Crippen LogP contribution in [-0.2, 0) is 10.2 Å². The first-order chi connectivity index (χ1) is 12.7. The van der Waals surface area contributed by atoms with E-state index >= 15 is 0 Å². The summed E-state index contributed by atoms with van der Waals surface area (Å²) >= 11 is 5.97. The number of carbonyl (C=O) groups is 2. The first-order valence-corrected chi connectivity index (χ1v) is 9.83. The summed E-state index contributed by atoms with van der Waals surface area (Å²) in [6.07, 6.45) is 1.82. The Morgan fingerprint density at radius 3 is 2.15 bits per heavy atom. The molecule has 2 fully saturated rings. The Morgan fingerprint density at radius 2 is 1.63 bits per heavy atom. The van der Waals surface area contributed by atoms with Crippen molar-refractivity contribution in [2.24, 2.45) is 0 Å². The SMILES string of the molecule is CC(C)(C)OC(=O)N1CCN(C(=O)NCC2(c3ccc(Cl)cc3)CC2)CC1. The first-order valence-electron chi connectivity index (χ1n) is 9.45. The van der Waals surface area contributed by atoms with Gasteiger partial charge in [0, 0.05) is 43.2 Å². The van der Waals surface area contributed by atoms with Crippen LogP contribution in [0.3, 0.4) is 0 Å². The molecule has 1 aromatic carbocycles. The molecule has 1 aromatic rings. The summed E-state index contributed by atoms with van der Waals surface area (Å²) in [4.78, 5) is 28.1. The van der Waals surface area contributed by atoms with Crippen molar-refractivity contribution in [1.29, 1.82) is 0 Å². The molecule has 0 unspecified atom stereocenters. The summed E-state index contributed by atoms with van der Waals surface area (Å²) in [6.45, 7) is 8.18. The topological polar surface area (TPSA) is 61.9 Å². The molecule has 1 saturated heterocycles. The summed E-state index contributed by atoms with van der Waals surface area (Å²) in [5.74, 6) is 0. The number of halogens is 1. The van der Waals surface area contributed by atoms with Gasteiger partial charge in [-0.3, -0.25) is 0 Å². The van der Waals surface area contributed by atoms with E-state index in [0.717, 1.165) is 17.9 Å². The van der Waals surface area contributed by atoms with Gasteiger partial charge in [0.1, 0.15) is 5.60 Å². The molecule has 0 atom stereocenters. The van der Waals surface area contributed by atoms with Gasteiger partial charge in [-0.05, 0) is 51.3 Å². The maximum atomic E-state index is 12.5. The summed E-state index contributed by atoms with van der Waals surface area (Å²) in [5.41, 5.74) is 0.756. The zero-order valence-corrected chi connectivity index (χ0v) is 17.0. The summed E-state index contributed by atoms with van der Waals surface area (Å²) in [7, 11) is 0. The largest absolute Gasteiger partial charge is 0.444 e. The Morgan fingerprint density at radius 1 is 1.07 bits per heavy atom. The van der Waals surface area contributed by atoms with E-state index < -0.39 is 5.60 Å². The Bertz CT molecular complexity index is 687. The molecule has 0 bridgehead atoms. The molecular weight excluding hydrogens is 366 g/mol. The number of piperazine rings is 1. The second-order valence-corrected chi connectivity index (χ2v) is 8.84. The van der Waals surface area contributed by atoms with Gasteiger partial charge in [0.25, 0.3) is 0 Å². The van der Waals surface area contributed by atoms with E-state index in [0.29, 0.717) is 32.7 Å². The van der Waals surface area contributed by atoms with Gasteiger partial charge in [0.15, 0.2) is 0 Å². The Kier molecular flexibility index (Phi) is 5.56. The molecule has 7 heteroatoms. The third kappa shape index (κ3) is 5.06. The molecule has 3 amide bonds. The fraction of sp³-hybridized carbons (Fsp3) is 0.600. The highest BCUT2D eigenvalue weighted by Crippen LogP contribution is 2.47.